The third-order valence-electron chi connectivity index (χ3n) is 3.14. The Balaban J connectivity index is 2.03. The average molecular weight is 283 g/mol. The fraction of sp³-hybridized carbons (Fsp3) is 0.333. The van der Waals surface area contributed by atoms with Crippen LogP contribution in [-0.4, -0.2) is 23.7 Å². The van der Waals surface area contributed by atoms with E-state index in [-0.39, 0.29) is 6.61 Å². The number of furan rings is 1. The number of aliphatic hydroxyl groups is 1. The monoisotopic (exact) mass is 283 g/mol. The Morgan fingerprint density at radius 1 is 1.14 bits per heavy atom. The molecule has 0 unspecified atom stereocenters. The molecule has 0 atom stereocenters. The van der Waals surface area contributed by atoms with Crippen molar-refractivity contribution in [1.29, 1.82) is 0 Å². The van der Waals surface area contributed by atoms with Gasteiger partial charge >= 0.3 is 0 Å². The largest absolute Gasteiger partial charge is 0.465 e. The van der Waals surface area contributed by atoms with E-state index in [0.29, 0.717) is 6.42 Å². The minimum atomic E-state index is 0.104. The van der Waals surface area contributed by atoms with Crippen LogP contribution in [0.1, 0.15) is 29.1 Å². The van der Waals surface area contributed by atoms with E-state index in [4.69, 9.17) is 9.52 Å². The molecule has 3 nitrogen and oxygen atoms in total. The predicted octanol–water partition coefficient (Wildman–Crippen LogP) is 2.95. The number of benzene rings is 1. The zero-order valence-corrected chi connectivity index (χ0v) is 12.6. The molecule has 21 heavy (non-hydrogen) atoms. The van der Waals surface area contributed by atoms with Gasteiger partial charge in [0.1, 0.15) is 11.5 Å². The van der Waals surface area contributed by atoms with E-state index >= 15 is 0 Å². The van der Waals surface area contributed by atoms with Gasteiger partial charge in [-0.1, -0.05) is 30.0 Å². The van der Waals surface area contributed by atoms with E-state index in [0.717, 1.165) is 30.2 Å². The van der Waals surface area contributed by atoms with Crippen molar-refractivity contribution in [2.75, 3.05) is 13.7 Å². The van der Waals surface area contributed by atoms with Crippen LogP contribution >= 0.6 is 0 Å². The molecule has 0 radical (unpaired) electrons. The third kappa shape index (κ3) is 4.78. The summed E-state index contributed by atoms with van der Waals surface area (Å²) in [6.45, 7) is 3.64. The second kappa shape index (κ2) is 7.68. The molecule has 110 valence electrons. The third-order valence-corrected chi connectivity index (χ3v) is 3.14. The van der Waals surface area contributed by atoms with Gasteiger partial charge < -0.3 is 9.52 Å². The molecule has 0 amide bonds. The Morgan fingerprint density at radius 2 is 1.95 bits per heavy atom. The zero-order chi connectivity index (χ0) is 15.1. The van der Waals surface area contributed by atoms with Gasteiger partial charge in [0.25, 0.3) is 0 Å². The lowest BCUT2D eigenvalue weighted by Gasteiger charge is -2.16. The van der Waals surface area contributed by atoms with Gasteiger partial charge in [0, 0.05) is 18.5 Å². The molecule has 0 aliphatic rings. The first-order valence-electron chi connectivity index (χ1n) is 7.10. The van der Waals surface area contributed by atoms with Crippen LogP contribution in [0.3, 0.4) is 0 Å². The van der Waals surface area contributed by atoms with Crippen molar-refractivity contribution in [1.82, 2.24) is 4.90 Å². The molecule has 0 saturated heterocycles. The summed E-state index contributed by atoms with van der Waals surface area (Å²) in [4.78, 5) is 2.20. The van der Waals surface area contributed by atoms with E-state index < -0.39 is 0 Å². The maximum Gasteiger partial charge on any atom is 0.118 e. The molecule has 1 heterocycles. The van der Waals surface area contributed by atoms with Crippen LogP contribution in [0.4, 0.5) is 0 Å². The first kappa shape index (κ1) is 15.4. The van der Waals surface area contributed by atoms with Crippen LogP contribution < -0.4 is 0 Å². The van der Waals surface area contributed by atoms with Gasteiger partial charge in [-0.2, -0.15) is 0 Å². The molecule has 1 N–H and O–H groups in total. The number of hydrogen-bond donors (Lipinski definition) is 1. The van der Waals surface area contributed by atoms with Gasteiger partial charge in [0.05, 0.1) is 13.2 Å². The van der Waals surface area contributed by atoms with Crippen molar-refractivity contribution in [3.05, 3.63) is 59.0 Å². The lowest BCUT2D eigenvalue weighted by atomic mass is 10.1. The fourth-order valence-corrected chi connectivity index (χ4v) is 2.18. The van der Waals surface area contributed by atoms with Crippen molar-refractivity contribution in [3.63, 3.8) is 0 Å². The summed E-state index contributed by atoms with van der Waals surface area (Å²) in [6.07, 6.45) is 0.510. The van der Waals surface area contributed by atoms with Gasteiger partial charge in [-0.15, -0.1) is 0 Å². The summed E-state index contributed by atoms with van der Waals surface area (Å²) < 4.78 is 5.60. The lowest BCUT2D eigenvalue weighted by Crippen LogP contribution is -2.17. The number of aryl methyl sites for hydroxylation is 1. The highest BCUT2D eigenvalue weighted by atomic mass is 16.3. The minimum absolute atomic E-state index is 0.104. The Bertz CT molecular complexity index is 634. The van der Waals surface area contributed by atoms with Crippen LogP contribution in [-0.2, 0) is 13.1 Å². The summed E-state index contributed by atoms with van der Waals surface area (Å²) in [5.74, 6) is 8.02. The van der Waals surface area contributed by atoms with Crippen molar-refractivity contribution >= 4 is 0 Å². The number of aliphatic hydroxyl groups excluding tert-OH is 1. The summed E-state index contributed by atoms with van der Waals surface area (Å²) >= 11 is 0. The smallest absolute Gasteiger partial charge is 0.118 e. The molecule has 1 aromatic carbocycles. The van der Waals surface area contributed by atoms with E-state index in [2.05, 4.69) is 29.9 Å². The van der Waals surface area contributed by atoms with Gasteiger partial charge in [-0.05, 0) is 37.7 Å². The molecule has 0 aliphatic carbocycles. The highest BCUT2D eigenvalue weighted by Crippen LogP contribution is 2.13. The molecule has 1 aromatic heterocycles. The van der Waals surface area contributed by atoms with Crippen LogP contribution in [0, 0.1) is 18.8 Å². The Labute approximate surface area is 126 Å². The van der Waals surface area contributed by atoms with Crippen molar-refractivity contribution in [2.24, 2.45) is 0 Å². The minimum Gasteiger partial charge on any atom is -0.465 e. The first-order valence-corrected chi connectivity index (χ1v) is 7.10. The van der Waals surface area contributed by atoms with Crippen molar-refractivity contribution in [3.8, 4) is 11.8 Å². The molecular weight excluding hydrogens is 262 g/mol. The van der Waals surface area contributed by atoms with Crippen molar-refractivity contribution in [2.45, 2.75) is 26.4 Å². The first-order chi connectivity index (χ1) is 10.2. The summed E-state index contributed by atoms with van der Waals surface area (Å²) in [7, 11) is 2.07. The van der Waals surface area contributed by atoms with E-state index in [1.165, 1.54) is 5.56 Å². The molecule has 0 saturated carbocycles. The Kier molecular flexibility index (Phi) is 5.62. The summed E-state index contributed by atoms with van der Waals surface area (Å²) in [5.41, 5.74) is 2.21. The fourth-order valence-electron chi connectivity index (χ4n) is 2.18. The molecule has 2 rings (SSSR count). The molecule has 3 heteroatoms. The maximum atomic E-state index is 8.80. The maximum absolute atomic E-state index is 8.80. The standard InChI is InChI=1S/C18H21NO2/c1-15-10-11-18(21-15)14-19(2)13-17-9-4-3-7-16(17)8-5-6-12-20/h3-4,7,9-11,20H,6,12-14H2,1-2H3. The van der Waals surface area contributed by atoms with E-state index in [1.54, 1.807) is 0 Å². The summed E-state index contributed by atoms with van der Waals surface area (Å²) in [6, 6.07) is 12.1. The molecular formula is C18H21NO2. The molecule has 0 spiro atoms. The van der Waals surface area contributed by atoms with Crippen LogP contribution in [0.15, 0.2) is 40.8 Å². The Hall–Kier alpha value is -2.02. The van der Waals surface area contributed by atoms with Gasteiger partial charge in [0.2, 0.25) is 0 Å². The second-order valence-corrected chi connectivity index (χ2v) is 5.12. The van der Waals surface area contributed by atoms with Crippen LogP contribution in [0.5, 0.6) is 0 Å². The lowest BCUT2D eigenvalue weighted by molar-refractivity contribution is 0.285. The summed E-state index contributed by atoms with van der Waals surface area (Å²) in [5, 5.41) is 8.80. The second-order valence-electron chi connectivity index (χ2n) is 5.12. The average Bonchev–Trinajstić information content (AvgIpc) is 2.86. The van der Waals surface area contributed by atoms with Crippen LogP contribution in [0.2, 0.25) is 0 Å². The highest BCUT2D eigenvalue weighted by Gasteiger charge is 2.07. The van der Waals surface area contributed by atoms with E-state index in [1.807, 2.05) is 37.3 Å². The predicted molar refractivity (Wildman–Crippen MR) is 83.6 cm³/mol. The highest BCUT2D eigenvalue weighted by molar-refractivity contribution is 5.41. The topological polar surface area (TPSA) is 36.6 Å². The number of nitrogens with zero attached hydrogens (tertiary/aromatic N) is 1. The molecule has 0 aliphatic heterocycles. The molecule has 0 bridgehead atoms. The Morgan fingerprint density at radius 3 is 2.67 bits per heavy atom. The quantitative estimate of drug-likeness (QED) is 0.857. The number of hydrogen-bond acceptors (Lipinski definition) is 3. The van der Waals surface area contributed by atoms with E-state index in [9.17, 15) is 0 Å². The van der Waals surface area contributed by atoms with Crippen LogP contribution in [0.25, 0.3) is 0 Å². The normalized spacial score (nSPS) is 10.5. The molecule has 0 fully saturated rings. The van der Waals surface area contributed by atoms with Gasteiger partial charge in [0.15, 0.2) is 0 Å². The SMILES string of the molecule is Cc1ccc(CN(C)Cc2ccccc2C#CCCO)o1. The molecule has 2 aromatic rings. The number of rotatable bonds is 5. The van der Waals surface area contributed by atoms with Gasteiger partial charge in [-0.25, -0.2) is 0 Å². The van der Waals surface area contributed by atoms with Gasteiger partial charge in [-0.3, -0.25) is 4.90 Å². The zero-order valence-electron chi connectivity index (χ0n) is 12.6. The van der Waals surface area contributed by atoms with Crippen molar-refractivity contribution < 1.29 is 9.52 Å².